The number of morpholine rings is 1. The van der Waals surface area contributed by atoms with Gasteiger partial charge in [0, 0.05) is 38.1 Å². The van der Waals surface area contributed by atoms with Crippen molar-refractivity contribution in [3.8, 4) is 0 Å². The normalized spacial score (nSPS) is 30.2. The molecule has 0 spiro atoms. The number of nitrogens with zero attached hydrogens (tertiary/aromatic N) is 1. The van der Waals surface area contributed by atoms with E-state index in [2.05, 4.69) is 17.1 Å². The van der Waals surface area contributed by atoms with Gasteiger partial charge in [0.05, 0.1) is 13.2 Å². The van der Waals surface area contributed by atoms with Crippen LogP contribution in [0.25, 0.3) is 0 Å². The second-order valence-corrected chi connectivity index (χ2v) is 5.94. The SMILES string of the molecule is CC(CN1CCOCC1)NC(=O)C[C@@H]1CCC[C@H]1N. The zero-order valence-corrected chi connectivity index (χ0v) is 11.9. The van der Waals surface area contributed by atoms with E-state index in [0.717, 1.165) is 45.7 Å². The first-order valence-corrected chi connectivity index (χ1v) is 7.50. The van der Waals surface area contributed by atoms with E-state index < -0.39 is 0 Å². The highest BCUT2D eigenvalue weighted by atomic mass is 16.5. The summed E-state index contributed by atoms with van der Waals surface area (Å²) < 4.78 is 5.32. The van der Waals surface area contributed by atoms with Crippen molar-refractivity contribution in [1.29, 1.82) is 0 Å². The van der Waals surface area contributed by atoms with Gasteiger partial charge in [-0.15, -0.1) is 0 Å². The summed E-state index contributed by atoms with van der Waals surface area (Å²) in [6.45, 7) is 6.52. The Morgan fingerprint density at radius 1 is 1.42 bits per heavy atom. The first-order chi connectivity index (χ1) is 9.15. The molecule has 1 amide bonds. The van der Waals surface area contributed by atoms with Gasteiger partial charge in [-0.3, -0.25) is 9.69 Å². The van der Waals surface area contributed by atoms with Gasteiger partial charge in [0.1, 0.15) is 0 Å². The third-order valence-electron chi connectivity index (χ3n) is 4.21. The van der Waals surface area contributed by atoms with Crippen LogP contribution in [0.1, 0.15) is 32.6 Å². The smallest absolute Gasteiger partial charge is 0.220 e. The summed E-state index contributed by atoms with van der Waals surface area (Å²) in [6.07, 6.45) is 3.94. The molecule has 3 atom stereocenters. The fraction of sp³-hybridized carbons (Fsp3) is 0.929. The Labute approximate surface area is 115 Å². The van der Waals surface area contributed by atoms with Crippen LogP contribution in [0.3, 0.4) is 0 Å². The summed E-state index contributed by atoms with van der Waals surface area (Å²) in [5.41, 5.74) is 6.01. The predicted octanol–water partition coefficient (Wildman–Crippen LogP) is 0.341. The van der Waals surface area contributed by atoms with Crippen molar-refractivity contribution in [2.75, 3.05) is 32.8 Å². The van der Waals surface area contributed by atoms with Crippen LogP contribution in [-0.4, -0.2) is 55.7 Å². The lowest BCUT2D eigenvalue weighted by Crippen LogP contribution is -2.46. The Hall–Kier alpha value is -0.650. The first kappa shape index (κ1) is 14.8. The summed E-state index contributed by atoms with van der Waals surface area (Å²) in [6, 6.07) is 0.420. The third-order valence-corrected chi connectivity index (χ3v) is 4.21. The Morgan fingerprint density at radius 2 is 2.16 bits per heavy atom. The van der Waals surface area contributed by atoms with Crippen LogP contribution in [0, 0.1) is 5.92 Å². The van der Waals surface area contributed by atoms with Crippen molar-refractivity contribution in [1.82, 2.24) is 10.2 Å². The molecule has 1 aliphatic heterocycles. The summed E-state index contributed by atoms with van der Waals surface area (Å²) in [7, 11) is 0. The number of hydrogen-bond acceptors (Lipinski definition) is 4. The van der Waals surface area contributed by atoms with Gasteiger partial charge < -0.3 is 15.8 Å². The first-order valence-electron chi connectivity index (χ1n) is 7.50. The third kappa shape index (κ3) is 4.75. The molecule has 0 bridgehead atoms. The van der Waals surface area contributed by atoms with Gasteiger partial charge in [-0.1, -0.05) is 6.42 Å². The second kappa shape index (κ2) is 7.22. The molecule has 0 aromatic rings. The molecule has 1 saturated heterocycles. The van der Waals surface area contributed by atoms with E-state index in [9.17, 15) is 4.79 Å². The lowest BCUT2D eigenvalue weighted by Gasteiger charge is -2.29. The number of nitrogens with one attached hydrogen (secondary N) is 1. The van der Waals surface area contributed by atoms with Crippen LogP contribution in [0.4, 0.5) is 0 Å². The van der Waals surface area contributed by atoms with Crippen molar-refractivity contribution in [3.63, 3.8) is 0 Å². The summed E-state index contributed by atoms with van der Waals surface area (Å²) in [5, 5.41) is 3.10. The topological polar surface area (TPSA) is 67.6 Å². The molecule has 1 unspecified atom stereocenters. The molecule has 0 aromatic heterocycles. The fourth-order valence-electron chi connectivity index (χ4n) is 3.11. The van der Waals surface area contributed by atoms with E-state index in [0.29, 0.717) is 12.3 Å². The Morgan fingerprint density at radius 3 is 2.79 bits per heavy atom. The molecule has 5 nitrogen and oxygen atoms in total. The van der Waals surface area contributed by atoms with E-state index >= 15 is 0 Å². The minimum absolute atomic E-state index is 0.156. The molecular formula is C14H27N3O2. The largest absolute Gasteiger partial charge is 0.379 e. The molecule has 1 aliphatic carbocycles. The molecule has 1 saturated carbocycles. The molecule has 2 aliphatic rings. The van der Waals surface area contributed by atoms with E-state index in [-0.39, 0.29) is 18.0 Å². The van der Waals surface area contributed by atoms with E-state index in [1.807, 2.05) is 0 Å². The van der Waals surface area contributed by atoms with Gasteiger partial charge in [0.25, 0.3) is 0 Å². The van der Waals surface area contributed by atoms with Crippen molar-refractivity contribution in [3.05, 3.63) is 0 Å². The quantitative estimate of drug-likeness (QED) is 0.755. The highest BCUT2D eigenvalue weighted by Crippen LogP contribution is 2.26. The van der Waals surface area contributed by atoms with Crippen molar-refractivity contribution in [2.24, 2.45) is 11.7 Å². The highest BCUT2D eigenvalue weighted by Gasteiger charge is 2.26. The lowest BCUT2D eigenvalue weighted by molar-refractivity contribution is -0.122. The number of amides is 1. The summed E-state index contributed by atoms with van der Waals surface area (Å²) >= 11 is 0. The van der Waals surface area contributed by atoms with Crippen LogP contribution in [0.5, 0.6) is 0 Å². The maximum Gasteiger partial charge on any atom is 0.220 e. The van der Waals surface area contributed by atoms with Crippen LogP contribution >= 0.6 is 0 Å². The van der Waals surface area contributed by atoms with Gasteiger partial charge >= 0.3 is 0 Å². The van der Waals surface area contributed by atoms with E-state index in [1.165, 1.54) is 6.42 Å². The maximum atomic E-state index is 12.0. The van der Waals surface area contributed by atoms with Crippen molar-refractivity contribution in [2.45, 2.75) is 44.7 Å². The molecular weight excluding hydrogens is 242 g/mol. The van der Waals surface area contributed by atoms with Crippen LogP contribution in [-0.2, 0) is 9.53 Å². The van der Waals surface area contributed by atoms with Gasteiger partial charge in [-0.25, -0.2) is 0 Å². The predicted molar refractivity (Wildman–Crippen MR) is 74.8 cm³/mol. The highest BCUT2D eigenvalue weighted by molar-refractivity contribution is 5.76. The average Bonchev–Trinajstić information content (AvgIpc) is 2.76. The monoisotopic (exact) mass is 269 g/mol. The summed E-state index contributed by atoms with van der Waals surface area (Å²) in [4.78, 5) is 14.3. The minimum atomic E-state index is 0.156. The molecule has 19 heavy (non-hydrogen) atoms. The molecule has 2 rings (SSSR count). The lowest BCUT2D eigenvalue weighted by atomic mass is 10.00. The molecule has 110 valence electrons. The summed E-state index contributed by atoms with van der Waals surface area (Å²) in [5.74, 6) is 0.540. The number of rotatable bonds is 5. The maximum absolute atomic E-state index is 12.0. The van der Waals surface area contributed by atoms with E-state index in [4.69, 9.17) is 10.5 Å². The minimum Gasteiger partial charge on any atom is -0.379 e. The Balaban J connectivity index is 1.66. The van der Waals surface area contributed by atoms with Gasteiger partial charge in [0.15, 0.2) is 0 Å². The molecule has 3 N–H and O–H groups in total. The standard InChI is InChI=1S/C14H27N3O2/c1-11(10-17-5-7-19-8-6-17)16-14(18)9-12-3-2-4-13(12)15/h11-13H,2-10,15H2,1H3,(H,16,18)/t11?,12-,13+/m0/s1. The zero-order chi connectivity index (χ0) is 13.7. The zero-order valence-electron chi connectivity index (χ0n) is 11.9. The van der Waals surface area contributed by atoms with Crippen LogP contribution in [0.15, 0.2) is 0 Å². The van der Waals surface area contributed by atoms with Gasteiger partial charge in [0.2, 0.25) is 5.91 Å². The molecule has 0 aromatic carbocycles. The Bertz CT molecular complexity index is 292. The van der Waals surface area contributed by atoms with Crippen LogP contribution < -0.4 is 11.1 Å². The number of carbonyl (C=O) groups is 1. The molecule has 0 radical (unpaired) electrons. The average molecular weight is 269 g/mol. The molecule has 5 heteroatoms. The Kier molecular flexibility index (Phi) is 5.60. The van der Waals surface area contributed by atoms with E-state index in [1.54, 1.807) is 0 Å². The number of hydrogen-bond donors (Lipinski definition) is 2. The van der Waals surface area contributed by atoms with Gasteiger partial charge in [-0.05, 0) is 25.7 Å². The molecule has 1 heterocycles. The van der Waals surface area contributed by atoms with Crippen LogP contribution in [0.2, 0.25) is 0 Å². The molecule has 2 fully saturated rings. The number of ether oxygens (including phenoxy) is 1. The van der Waals surface area contributed by atoms with Crippen molar-refractivity contribution < 1.29 is 9.53 Å². The number of nitrogens with two attached hydrogens (primary N) is 1. The second-order valence-electron chi connectivity index (χ2n) is 5.94. The number of carbonyl (C=O) groups excluding carboxylic acids is 1. The van der Waals surface area contributed by atoms with Crippen molar-refractivity contribution >= 4 is 5.91 Å². The van der Waals surface area contributed by atoms with Gasteiger partial charge in [-0.2, -0.15) is 0 Å². The fourth-order valence-corrected chi connectivity index (χ4v) is 3.11.